The van der Waals surface area contributed by atoms with Crippen LogP contribution in [-0.2, 0) is 71.0 Å². The van der Waals surface area contributed by atoms with Crippen LogP contribution >= 0.6 is 108 Å². The van der Waals surface area contributed by atoms with E-state index in [1.807, 2.05) is 0 Å². The van der Waals surface area contributed by atoms with Gasteiger partial charge in [-0.15, -0.1) is 22.7 Å². The molecule has 0 radical (unpaired) electrons. The number of amides is 6. The van der Waals surface area contributed by atoms with Gasteiger partial charge in [-0.1, -0.05) is 122 Å². The maximum atomic E-state index is 16.6. The van der Waals surface area contributed by atoms with Crippen LogP contribution in [0.25, 0.3) is 0 Å². The summed E-state index contributed by atoms with van der Waals surface area (Å²) >= 11 is 42.4. The predicted molar refractivity (Wildman–Crippen MR) is 438 cm³/mol. The van der Waals surface area contributed by atoms with Gasteiger partial charge in [0.05, 0.1) is 138 Å². The average Bonchev–Trinajstić information content (AvgIpc) is 1.55. The van der Waals surface area contributed by atoms with Gasteiger partial charge in [-0.05, 0) is 160 Å². The molecule has 7 N–H and O–H groups in total. The number of aliphatic hydroxyl groups is 1. The normalized spacial score (nSPS) is 19.7. The number of carbonyl (C=O) groups excluding carboxylic acids is 7. The Morgan fingerprint density at radius 1 is 0.466 bits per heavy atom. The molecule has 0 spiro atoms. The number of ketones is 1. The topological polar surface area (TPSA) is 320 Å². The molecule has 4 atom stereocenters. The van der Waals surface area contributed by atoms with E-state index in [2.05, 4.69) is 40.8 Å². The summed E-state index contributed by atoms with van der Waals surface area (Å²) < 4.78 is 68.7. The lowest BCUT2D eigenvalue weighted by atomic mass is 9.87. The average molecular weight is 1820 g/mol. The fourth-order valence-electron chi connectivity index (χ4n) is 14.8. The number of nitrogens with two attached hydrogens (primary N) is 3. The first-order valence-corrected chi connectivity index (χ1v) is 41.3. The Morgan fingerprint density at radius 2 is 0.805 bits per heavy atom. The molecule has 0 bridgehead atoms. The second kappa shape index (κ2) is 32.5. The molecule has 6 aliphatic rings. The van der Waals surface area contributed by atoms with E-state index in [9.17, 15) is 38.7 Å². The van der Waals surface area contributed by atoms with Crippen LogP contribution in [0.2, 0.25) is 30.1 Å². The zero-order valence-corrected chi connectivity index (χ0v) is 69.6. The van der Waals surface area contributed by atoms with E-state index in [0.29, 0.717) is 113 Å². The summed E-state index contributed by atoms with van der Waals surface area (Å²) in [5.74, 6) is -5.93. The molecule has 8 heterocycles. The van der Waals surface area contributed by atoms with E-state index in [-0.39, 0.29) is 89.7 Å². The quantitative estimate of drug-likeness (QED) is 0.0386. The Balaban J connectivity index is 0.000000139. The smallest absolute Gasteiger partial charge is 0.257 e. The molecule has 34 heteroatoms. The number of benzene rings is 6. The number of hydrogen-bond acceptors (Lipinski definition) is 18. The fourth-order valence-corrected chi connectivity index (χ4v) is 17.1. The number of fused-ring (bicyclic) bond motifs is 3. The Morgan fingerprint density at radius 3 is 1.14 bits per heavy atom. The predicted octanol–water partition coefficient (Wildman–Crippen LogP) is 16.2. The van der Waals surface area contributed by atoms with E-state index in [0.717, 1.165) is 6.07 Å². The number of aromatic nitrogens is 5. The van der Waals surface area contributed by atoms with E-state index in [4.69, 9.17) is 101 Å². The van der Waals surface area contributed by atoms with Crippen LogP contribution in [0.1, 0.15) is 154 Å². The standard InChI is InChI=1S/C30H25Cl2FN4O4S.C29H21Cl2FN4O4S.C25H19BrCl2FN3O3/c1-28(40,24-14-42-16-36-24)18-10-22-25(23(33)11-18)30(17-2-4-19(31)5-3-17,41-15-29(8-9-29)27(34)39)37(26(22)38)13-21-7-6-20(32)12-35-21;30-18-3-1-17(2-4-18)29(40-14-28(7-8-28)27(33)39)24-21(26(38)36(29)12-20-6-5-19(31)11-34-20)9-16(10-22(24)32)25(37)23-13-41-15-35-23;26-15-9-19-21(20(29)10-15)25(14-1-3-16(27)4-2-14,35-13-24(7-8-24)23(30)34)32(22(19)33)12-18-6-5-17(28)11-31-18/h2-7,10-12,14,16,40H,8-9,13,15H2,1H3,(H2,34,39);1-6,9-11,13,15H,7-8,12,14H2,(H2,33,39);1-6,9-11H,7-8,12-13H2,(H2,30,34)/t28?,30-;29-;25-/m111/s1. The van der Waals surface area contributed by atoms with Crippen molar-refractivity contribution in [1.29, 1.82) is 0 Å². The highest BCUT2D eigenvalue weighted by Gasteiger charge is 2.62. The van der Waals surface area contributed by atoms with Gasteiger partial charge in [0.2, 0.25) is 23.5 Å². The lowest BCUT2D eigenvalue weighted by molar-refractivity contribution is -0.143. The summed E-state index contributed by atoms with van der Waals surface area (Å²) in [7, 11) is 0. The van der Waals surface area contributed by atoms with Crippen molar-refractivity contribution >= 4 is 149 Å². The largest absolute Gasteiger partial charge is 0.379 e. The van der Waals surface area contributed by atoms with Crippen LogP contribution in [0.5, 0.6) is 0 Å². The highest BCUT2D eigenvalue weighted by molar-refractivity contribution is 9.10. The van der Waals surface area contributed by atoms with Crippen LogP contribution in [0.4, 0.5) is 13.2 Å². The first-order chi connectivity index (χ1) is 56.3. The van der Waals surface area contributed by atoms with Gasteiger partial charge >= 0.3 is 0 Å². The lowest BCUT2D eigenvalue weighted by Crippen LogP contribution is -2.48. The zero-order chi connectivity index (χ0) is 83.8. The maximum absolute atomic E-state index is 16.6. The van der Waals surface area contributed by atoms with Crippen molar-refractivity contribution in [3.63, 3.8) is 0 Å². The van der Waals surface area contributed by atoms with Crippen LogP contribution in [-0.4, -0.2) is 106 Å². The summed E-state index contributed by atoms with van der Waals surface area (Å²) in [5, 5.41) is 17.2. The number of thiazole rings is 2. The Hall–Kier alpha value is -9.63. The van der Waals surface area contributed by atoms with Crippen molar-refractivity contribution in [2.24, 2.45) is 33.4 Å². The Kier molecular flexibility index (Phi) is 23.0. The highest BCUT2D eigenvalue weighted by atomic mass is 79.9. The van der Waals surface area contributed by atoms with E-state index >= 15 is 13.2 Å². The first kappa shape index (κ1) is 83.4. The molecule has 22 nitrogen and oxygen atoms in total. The molecule has 6 aromatic carbocycles. The summed E-state index contributed by atoms with van der Waals surface area (Å²) in [6.07, 6.45) is 7.50. The molecule has 0 saturated heterocycles. The third-order valence-corrected chi connectivity index (χ3v) is 25.1. The Labute approximate surface area is 718 Å². The molecule has 11 aromatic rings. The number of pyridine rings is 3. The molecule has 3 aliphatic heterocycles. The van der Waals surface area contributed by atoms with Crippen LogP contribution in [0, 0.1) is 33.7 Å². The third kappa shape index (κ3) is 15.5. The summed E-state index contributed by atoms with van der Waals surface area (Å²) in [6.45, 7) is 0.886. The molecule has 118 heavy (non-hydrogen) atoms. The van der Waals surface area contributed by atoms with Gasteiger partial charge in [-0.3, -0.25) is 63.2 Å². The lowest BCUT2D eigenvalue weighted by Gasteiger charge is -2.40. The van der Waals surface area contributed by atoms with Crippen molar-refractivity contribution in [2.75, 3.05) is 19.8 Å². The van der Waals surface area contributed by atoms with Gasteiger partial charge in [0.1, 0.15) is 28.7 Å². The minimum Gasteiger partial charge on any atom is -0.379 e. The molecule has 1 unspecified atom stereocenters. The molecule has 17 rings (SSSR count). The Bertz CT molecular complexity index is 5810. The van der Waals surface area contributed by atoms with Crippen molar-refractivity contribution in [3.8, 4) is 0 Å². The summed E-state index contributed by atoms with van der Waals surface area (Å²) in [4.78, 5) is 118. The van der Waals surface area contributed by atoms with Crippen molar-refractivity contribution in [3.05, 3.63) is 328 Å². The number of hydrogen-bond donors (Lipinski definition) is 4. The van der Waals surface area contributed by atoms with Gasteiger partial charge in [-0.2, -0.15) is 0 Å². The third-order valence-electron chi connectivity index (χ3n) is 22.1. The van der Waals surface area contributed by atoms with E-state index in [1.54, 1.807) is 132 Å². The molecule has 3 saturated carbocycles. The molecule has 6 amide bonds. The monoisotopic (exact) mass is 1810 g/mol. The molecular weight excluding hydrogens is 1750 g/mol. The minimum absolute atomic E-state index is 0.00601. The first-order valence-electron chi connectivity index (χ1n) is 36.4. The van der Waals surface area contributed by atoms with E-state index < -0.39 is 97.7 Å². The second-order valence-electron chi connectivity index (χ2n) is 29.5. The fraction of sp³-hybridized carbons (Fsp3) is 0.238. The van der Waals surface area contributed by atoms with Crippen molar-refractivity contribution < 1.29 is 66.1 Å². The molecule has 3 fully saturated rings. The number of halogens is 10. The molecule has 604 valence electrons. The van der Waals surface area contributed by atoms with Gasteiger partial charge in [0.15, 0.2) is 17.2 Å². The van der Waals surface area contributed by atoms with Gasteiger partial charge in [-0.25, -0.2) is 23.1 Å². The summed E-state index contributed by atoms with van der Waals surface area (Å²) in [6, 6.07) is 37.4. The number of nitrogens with zero attached hydrogens (tertiary/aromatic N) is 8. The van der Waals surface area contributed by atoms with Crippen LogP contribution < -0.4 is 17.2 Å². The SMILES string of the molecule is CC(O)(c1cc(F)c2c(c1)C(=O)N(Cc1ccc(Cl)cn1)[C@@]2(OCC1(C(N)=O)CC1)c1ccc(Cl)cc1)c1cscn1.NC(=O)C1(CO[C@]2(c3ccc(Cl)cc3)c3c(F)cc(Br)cc3C(=O)N2Cc2ccc(Cl)cn2)CC1.NC(=O)C1(CO[C@]2(c3ccc(Cl)cc3)c3c(F)cc(C(=O)c4cscn4)cc3C(=O)N2Cc2ccc(Cl)cn2)CC1. The molecule has 5 aromatic heterocycles. The zero-order valence-electron chi connectivity index (χ0n) is 61.8. The number of rotatable bonds is 25. The highest BCUT2D eigenvalue weighted by Crippen LogP contribution is 2.57. The van der Waals surface area contributed by atoms with Crippen molar-refractivity contribution in [2.45, 2.75) is 87.9 Å². The van der Waals surface area contributed by atoms with Crippen LogP contribution in [0.15, 0.2) is 190 Å². The maximum Gasteiger partial charge on any atom is 0.257 e. The van der Waals surface area contributed by atoms with Crippen LogP contribution in [0.3, 0.4) is 0 Å². The molecule has 3 aliphatic carbocycles. The number of carbonyl (C=O) groups is 7. The minimum atomic E-state index is -1.84. The molecular formula is C84H65BrCl6F3N11O11S2. The van der Waals surface area contributed by atoms with Gasteiger partial charge in [0, 0.05) is 71.1 Å². The van der Waals surface area contributed by atoms with E-state index in [1.165, 1.54) is 92.7 Å². The number of primary amides is 3. The van der Waals surface area contributed by atoms with Gasteiger partial charge < -0.3 is 36.5 Å². The van der Waals surface area contributed by atoms with Crippen molar-refractivity contribution in [1.82, 2.24) is 39.6 Å². The van der Waals surface area contributed by atoms with Gasteiger partial charge in [0.25, 0.3) is 17.7 Å². The summed E-state index contributed by atoms with van der Waals surface area (Å²) in [5.41, 5.74) is 13.6. The second-order valence-corrected chi connectivity index (χ2v) is 34.5. The number of ether oxygens (including phenoxy) is 3.